The van der Waals surface area contributed by atoms with Crippen molar-refractivity contribution in [2.45, 2.75) is 13.5 Å². The Morgan fingerprint density at radius 1 is 1.31 bits per heavy atom. The number of amides is 1. The maximum absolute atomic E-state index is 12.3. The molecule has 2 heterocycles. The van der Waals surface area contributed by atoms with Crippen LogP contribution in [0.1, 0.15) is 5.56 Å². The fraction of sp³-hybridized carbons (Fsp3) is 0.118. The van der Waals surface area contributed by atoms with Crippen molar-refractivity contribution >= 4 is 28.6 Å². The minimum absolute atomic E-state index is 0.0537. The van der Waals surface area contributed by atoms with Crippen molar-refractivity contribution in [3.8, 4) is 10.6 Å². The van der Waals surface area contributed by atoms with Crippen LogP contribution in [0.3, 0.4) is 0 Å². The largest absolute Gasteiger partial charge is 0.324 e. The topological polar surface area (TPSA) is 107 Å². The summed E-state index contributed by atoms with van der Waals surface area (Å²) in [5.74, 6) is -0.445. The molecule has 2 aromatic heterocycles. The average molecular weight is 370 g/mol. The lowest BCUT2D eigenvalue weighted by molar-refractivity contribution is -0.384. The summed E-state index contributed by atoms with van der Waals surface area (Å²) in [6.07, 6.45) is 0. The summed E-state index contributed by atoms with van der Waals surface area (Å²) in [4.78, 5) is 35.4. The number of benzene rings is 1. The second-order valence-corrected chi connectivity index (χ2v) is 6.44. The maximum Gasteiger partial charge on any atom is 0.269 e. The number of thiophene rings is 1. The van der Waals surface area contributed by atoms with Gasteiger partial charge in [0.05, 0.1) is 9.80 Å². The van der Waals surface area contributed by atoms with E-state index in [1.165, 1.54) is 35.6 Å². The molecule has 0 unspecified atom stereocenters. The number of carbonyl (C=O) groups is 1. The highest BCUT2D eigenvalue weighted by Gasteiger charge is 2.12. The lowest BCUT2D eigenvalue weighted by Gasteiger charge is -2.09. The van der Waals surface area contributed by atoms with Crippen LogP contribution in [0.15, 0.2) is 52.6 Å². The molecule has 132 valence electrons. The highest BCUT2D eigenvalue weighted by molar-refractivity contribution is 7.13. The fourth-order valence-corrected chi connectivity index (χ4v) is 3.04. The Bertz CT molecular complexity index is 1030. The molecular weight excluding hydrogens is 356 g/mol. The van der Waals surface area contributed by atoms with Gasteiger partial charge >= 0.3 is 0 Å². The van der Waals surface area contributed by atoms with Crippen LogP contribution in [0.5, 0.6) is 0 Å². The molecule has 0 aliphatic heterocycles. The minimum atomic E-state index is -0.502. The van der Waals surface area contributed by atoms with Gasteiger partial charge < -0.3 is 5.32 Å². The van der Waals surface area contributed by atoms with E-state index in [-0.39, 0.29) is 17.8 Å². The Balaban J connectivity index is 1.77. The molecule has 0 atom stereocenters. The first-order valence-corrected chi connectivity index (χ1v) is 8.49. The van der Waals surface area contributed by atoms with Gasteiger partial charge in [-0.05, 0) is 36.1 Å². The van der Waals surface area contributed by atoms with Crippen LogP contribution in [0.25, 0.3) is 10.6 Å². The predicted molar refractivity (Wildman–Crippen MR) is 98.3 cm³/mol. The van der Waals surface area contributed by atoms with E-state index in [9.17, 15) is 19.7 Å². The van der Waals surface area contributed by atoms with Gasteiger partial charge in [0.25, 0.3) is 11.2 Å². The van der Waals surface area contributed by atoms with E-state index in [2.05, 4.69) is 10.4 Å². The lowest BCUT2D eigenvalue weighted by Crippen LogP contribution is -2.29. The third-order valence-corrected chi connectivity index (χ3v) is 4.52. The summed E-state index contributed by atoms with van der Waals surface area (Å²) in [7, 11) is 0. The van der Waals surface area contributed by atoms with E-state index in [1.807, 2.05) is 17.5 Å². The Morgan fingerprint density at radius 2 is 2.12 bits per heavy atom. The zero-order valence-electron chi connectivity index (χ0n) is 13.7. The Labute approximate surface area is 151 Å². The first kappa shape index (κ1) is 17.5. The van der Waals surface area contributed by atoms with Crippen molar-refractivity contribution < 1.29 is 9.72 Å². The van der Waals surface area contributed by atoms with Gasteiger partial charge in [-0.25, -0.2) is 4.68 Å². The SMILES string of the molecule is Cc1cc([N+](=O)[O-])ccc1NC(=O)Cn1nc(-c2cccs2)ccc1=O. The zero-order valence-corrected chi connectivity index (χ0v) is 14.5. The van der Waals surface area contributed by atoms with Crippen molar-refractivity contribution in [3.05, 3.63) is 73.9 Å². The smallest absolute Gasteiger partial charge is 0.269 e. The molecule has 3 rings (SSSR count). The second-order valence-electron chi connectivity index (χ2n) is 5.50. The number of nitrogens with one attached hydrogen (secondary N) is 1. The molecule has 0 saturated carbocycles. The van der Waals surface area contributed by atoms with E-state index in [4.69, 9.17) is 0 Å². The molecule has 9 heteroatoms. The summed E-state index contributed by atoms with van der Waals surface area (Å²) in [6.45, 7) is 1.40. The quantitative estimate of drug-likeness (QED) is 0.549. The number of rotatable bonds is 5. The lowest BCUT2D eigenvalue weighted by atomic mass is 10.2. The number of aryl methyl sites for hydroxylation is 1. The van der Waals surface area contributed by atoms with Crippen LogP contribution in [0.2, 0.25) is 0 Å². The molecule has 0 spiro atoms. The summed E-state index contributed by atoms with van der Waals surface area (Å²) in [5.41, 5.74) is 1.17. The molecule has 0 fully saturated rings. The minimum Gasteiger partial charge on any atom is -0.324 e. The molecule has 26 heavy (non-hydrogen) atoms. The number of non-ortho nitro benzene ring substituents is 1. The Morgan fingerprint density at radius 3 is 2.77 bits per heavy atom. The number of nitro groups is 1. The molecule has 0 radical (unpaired) electrons. The highest BCUT2D eigenvalue weighted by Crippen LogP contribution is 2.22. The van der Waals surface area contributed by atoms with Crippen molar-refractivity contribution in [1.29, 1.82) is 0 Å². The van der Waals surface area contributed by atoms with Crippen LogP contribution in [0.4, 0.5) is 11.4 Å². The van der Waals surface area contributed by atoms with Gasteiger partial charge in [0.1, 0.15) is 12.2 Å². The molecule has 1 amide bonds. The van der Waals surface area contributed by atoms with E-state index in [0.29, 0.717) is 16.9 Å². The van der Waals surface area contributed by atoms with Crippen molar-refractivity contribution in [2.24, 2.45) is 0 Å². The Hall–Kier alpha value is -3.33. The summed E-state index contributed by atoms with van der Waals surface area (Å²) in [5, 5.41) is 19.5. The summed E-state index contributed by atoms with van der Waals surface area (Å²) < 4.78 is 1.09. The molecule has 8 nitrogen and oxygen atoms in total. The summed E-state index contributed by atoms with van der Waals surface area (Å²) in [6, 6.07) is 10.9. The molecule has 0 saturated heterocycles. The van der Waals surface area contributed by atoms with Gasteiger partial charge in [-0.15, -0.1) is 11.3 Å². The third-order valence-electron chi connectivity index (χ3n) is 3.63. The molecular formula is C17H14N4O4S. The van der Waals surface area contributed by atoms with Gasteiger partial charge in [-0.2, -0.15) is 5.10 Å². The third kappa shape index (κ3) is 3.83. The average Bonchev–Trinajstić information content (AvgIpc) is 3.13. The number of hydrogen-bond acceptors (Lipinski definition) is 6. The highest BCUT2D eigenvalue weighted by atomic mass is 32.1. The summed E-state index contributed by atoms with van der Waals surface area (Å²) >= 11 is 1.48. The van der Waals surface area contributed by atoms with Gasteiger partial charge in [0.2, 0.25) is 5.91 Å². The number of hydrogen-bond donors (Lipinski definition) is 1. The fourth-order valence-electron chi connectivity index (χ4n) is 2.35. The first-order chi connectivity index (χ1) is 12.4. The van der Waals surface area contributed by atoms with E-state index < -0.39 is 10.8 Å². The molecule has 3 aromatic rings. The number of anilines is 1. The van der Waals surface area contributed by atoms with E-state index in [0.717, 1.165) is 9.56 Å². The molecule has 1 N–H and O–H groups in total. The maximum atomic E-state index is 12.3. The van der Waals surface area contributed by atoms with Crippen LogP contribution >= 0.6 is 11.3 Å². The van der Waals surface area contributed by atoms with Crippen LogP contribution in [-0.2, 0) is 11.3 Å². The van der Waals surface area contributed by atoms with Crippen molar-refractivity contribution in [2.75, 3.05) is 5.32 Å². The predicted octanol–water partition coefficient (Wildman–Crippen LogP) is 2.83. The number of nitrogens with zero attached hydrogens (tertiary/aromatic N) is 3. The second kappa shape index (κ2) is 7.28. The van der Waals surface area contributed by atoms with E-state index in [1.54, 1.807) is 13.0 Å². The van der Waals surface area contributed by atoms with Crippen molar-refractivity contribution in [1.82, 2.24) is 9.78 Å². The van der Waals surface area contributed by atoms with Crippen LogP contribution < -0.4 is 10.9 Å². The van der Waals surface area contributed by atoms with E-state index >= 15 is 0 Å². The molecule has 0 aliphatic rings. The van der Waals surface area contributed by atoms with Gasteiger partial charge in [0.15, 0.2) is 0 Å². The molecule has 0 aliphatic carbocycles. The molecule has 1 aromatic carbocycles. The number of nitro benzene ring substituents is 1. The molecule has 0 bridgehead atoms. The normalized spacial score (nSPS) is 10.5. The van der Waals surface area contributed by atoms with Gasteiger partial charge in [-0.1, -0.05) is 6.07 Å². The van der Waals surface area contributed by atoms with Crippen LogP contribution in [0, 0.1) is 17.0 Å². The van der Waals surface area contributed by atoms with Crippen molar-refractivity contribution in [3.63, 3.8) is 0 Å². The number of aromatic nitrogens is 2. The van der Waals surface area contributed by atoms with Gasteiger partial charge in [-0.3, -0.25) is 19.7 Å². The Kier molecular flexibility index (Phi) is 4.90. The first-order valence-electron chi connectivity index (χ1n) is 7.61. The van der Waals surface area contributed by atoms with Crippen LogP contribution in [-0.4, -0.2) is 20.6 Å². The zero-order chi connectivity index (χ0) is 18.7. The van der Waals surface area contributed by atoms with Gasteiger partial charge in [0, 0.05) is 23.9 Å². The number of carbonyl (C=O) groups excluding carboxylic acids is 1. The monoisotopic (exact) mass is 370 g/mol. The standard InChI is InChI=1S/C17H14N4O4S/c1-11-9-12(21(24)25)4-5-13(11)18-16(22)10-20-17(23)7-6-14(19-20)15-3-2-8-26-15/h2-9H,10H2,1H3,(H,18,22).